The normalized spacial score (nSPS) is 19.2. The second kappa shape index (κ2) is 5.23. The van der Waals surface area contributed by atoms with E-state index < -0.39 is 0 Å². The highest BCUT2D eigenvalue weighted by Gasteiger charge is 2.41. The first-order chi connectivity index (χ1) is 8.15. The molecule has 3 heteroatoms. The summed E-state index contributed by atoms with van der Waals surface area (Å²) in [6.45, 7) is 6.08. The number of hydrogen-bond acceptors (Lipinski definition) is 3. The highest BCUT2D eigenvalue weighted by Crippen LogP contribution is 2.48. The maximum Gasteiger partial charge on any atom is 0.120 e. The third-order valence-electron chi connectivity index (χ3n) is 3.76. The number of rotatable bonds is 7. The lowest BCUT2D eigenvalue weighted by Crippen LogP contribution is -2.27. The van der Waals surface area contributed by atoms with E-state index in [1.165, 1.54) is 19.3 Å². The summed E-state index contributed by atoms with van der Waals surface area (Å²) < 4.78 is 10.8. The van der Waals surface area contributed by atoms with Crippen molar-refractivity contribution in [3.8, 4) is 0 Å². The number of aryl methyl sites for hydroxylation is 1. The van der Waals surface area contributed by atoms with E-state index in [2.05, 4.69) is 18.3 Å². The molecule has 0 bridgehead atoms. The third-order valence-corrected chi connectivity index (χ3v) is 3.76. The first-order valence-electron chi connectivity index (χ1n) is 6.44. The fraction of sp³-hybridized carbons (Fsp3) is 0.714. The number of hydrogen-bond donors (Lipinski definition) is 1. The van der Waals surface area contributed by atoms with E-state index in [1.807, 2.05) is 13.0 Å². The molecule has 1 heterocycles. The Hall–Kier alpha value is -0.800. The molecular weight excluding hydrogens is 214 g/mol. The smallest absolute Gasteiger partial charge is 0.120 e. The lowest BCUT2D eigenvalue weighted by atomic mass is 10.0. The van der Waals surface area contributed by atoms with Crippen molar-refractivity contribution in [3.05, 3.63) is 23.7 Å². The van der Waals surface area contributed by atoms with Crippen molar-refractivity contribution in [2.24, 2.45) is 5.41 Å². The first-order valence-corrected chi connectivity index (χ1v) is 6.44. The molecule has 1 N–H and O–H groups in total. The predicted octanol–water partition coefficient (Wildman–Crippen LogP) is 3.06. The van der Waals surface area contributed by atoms with Crippen LogP contribution in [0.15, 0.2) is 16.5 Å². The van der Waals surface area contributed by atoms with Gasteiger partial charge in [0.1, 0.15) is 11.5 Å². The summed E-state index contributed by atoms with van der Waals surface area (Å²) in [6.07, 6.45) is 3.82. The number of furan rings is 1. The molecule has 0 aromatic carbocycles. The minimum atomic E-state index is 0.295. The molecule has 1 aliphatic carbocycles. The molecule has 1 aromatic rings. The molecule has 1 saturated carbocycles. The highest BCUT2D eigenvalue weighted by molar-refractivity contribution is 5.09. The van der Waals surface area contributed by atoms with Crippen molar-refractivity contribution < 1.29 is 9.15 Å². The van der Waals surface area contributed by atoms with Crippen LogP contribution in [0.2, 0.25) is 0 Å². The Morgan fingerprint density at radius 1 is 1.47 bits per heavy atom. The van der Waals surface area contributed by atoms with Gasteiger partial charge in [-0.1, -0.05) is 0 Å². The Labute approximate surface area is 104 Å². The van der Waals surface area contributed by atoms with Gasteiger partial charge in [-0.2, -0.15) is 0 Å². The molecule has 1 aromatic heterocycles. The molecule has 0 radical (unpaired) electrons. The predicted molar refractivity (Wildman–Crippen MR) is 68.0 cm³/mol. The van der Waals surface area contributed by atoms with Crippen molar-refractivity contribution in [1.29, 1.82) is 0 Å². The molecule has 2 rings (SSSR count). The average Bonchev–Trinajstić information content (AvgIpc) is 2.97. The quantitative estimate of drug-likeness (QED) is 0.791. The third kappa shape index (κ3) is 3.33. The molecule has 1 unspecified atom stereocenters. The maximum absolute atomic E-state index is 5.62. The number of methoxy groups -OCH3 is 1. The molecule has 3 nitrogen and oxygen atoms in total. The summed E-state index contributed by atoms with van der Waals surface area (Å²) in [5.41, 5.74) is 0.492. The summed E-state index contributed by atoms with van der Waals surface area (Å²) in [7, 11) is 1.78. The van der Waals surface area contributed by atoms with E-state index in [9.17, 15) is 0 Å². The van der Waals surface area contributed by atoms with Crippen LogP contribution < -0.4 is 5.32 Å². The summed E-state index contributed by atoms with van der Waals surface area (Å²) in [5, 5.41) is 3.57. The van der Waals surface area contributed by atoms with Gasteiger partial charge in [-0.05, 0) is 50.7 Å². The van der Waals surface area contributed by atoms with E-state index in [-0.39, 0.29) is 0 Å². The Kier molecular flexibility index (Phi) is 3.89. The van der Waals surface area contributed by atoms with Crippen LogP contribution in [0.25, 0.3) is 0 Å². The van der Waals surface area contributed by atoms with Gasteiger partial charge in [0, 0.05) is 20.3 Å². The van der Waals surface area contributed by atoms with Gasteiger partial charge in [0.25, 0.3) is 0 Å². The Balaban J connectivity index is 1.78. The zero-order chi connectivity index (χ0) is 12.3. The molecule has 17 heavy (non-hydrogen) atoms. The lowest BCUT2D eigenvalue weighted by Gasteiger charge is -2.18. The number of nitrogens with one attached hydrogen (secondary N) is 1. The van der Waals surface area contributed by atoms with Gasteiger partial charge >= 0.3 is 0 Å². The zero-order valence-corrected chi connectivity index (χ0v) is 11.1. The minimum Gasteiger partial charge on any atom is -0.465 e. The van der Waals surface area contributed by atoms with Crippen molar-refractivity contribution in [1.82, 2.24) is 5.32 Å². The Morgan fingerprint density at radius 2 is 2.24 bits per heavy atom. The number of ether oxygens (including phenoxy) is 1. The van der Waals surface area contributed by atoms with Crippen LogP contribution in [0, 0.1) is 12.3 Å². The average molecular weight is 237 g/mol. The molecule has 1 aliphatic rings. The van der Waals surface area contributed by atoms with E-state index >= 15 is 0 Å². The maximum atomic E-state index is 5.62. The molecular formula is C14H23NO2. The van der Waals surface area contributed by atoms with Gasteiger partial charge in [0.05, 0.1) is 6.04 Å². The van der Waals surface area contributed by atoms with Gasteiger partial charge in [-0.15, -0.1) is 0 Å². The Bertz CT molecular complexity index is 355. The van der Waals surface area contributed by atoms with Crippen LogP contribution in [-0.2, 0) is 4.74 Å². The molecule has 0 saturated heterocycles. The van der Waals surface area contributed by atoms with Crippen molar-refractivity contribution in [2.75, 3.05) is 20.3 Å². The summed E-state index contributed by atoms with van der Waals surface area (Å²) in [6, 6.07) is 4.37. The topological polar surface area (TPSA) is 34.4 Å². The van der Waals surface area contributed by atoms with Crippen LogP contribution in [-0.4, -0.2) is 20.3 Å². The molecule has 1 fully saturated rings. The molecule has 0 spiro atoms. The van der Waals surface area contributed by atoms with Crippen LogP contribution in [0.3, 0.4) is 0 Å². The SMILES string of the molecule is COCCC1(CNC(C)c2ccc(C)o2)CC1. The second-order valence-corrected chi connectivity index (χ2v) is 5.29. The zero-order valence-electron chi connectivity index (χ0n) is 11.1. The standard InChI is InChI=1S/C14H23NO2/c1-11-4-5-13(17-11)12(2)15-10-14(6-7-14)8-9-16-3/h4-5,12,15H,6-10H2,1-3H3. The summed E-state index contributed by atoms with van der Waals surface area (Å²) in [4.78, 5) is 0. The van der Waals surface area contributed by atoms with Crippen LogP contribution in [0.4, 0.5) is 0 Å². The highest BCUT2D eigenvalue weighted by atomic mass is 16.5. The molecule has 96 valence electrons. The van der Waals surface area contributed by atoms with Crippen LogP contribution in [0.1, 0.15) is 43.7 Å². The molecule has 0 aliphatic heterocycles. The molecule has 1 atom stereocenters. The van der Waals surface area contributed by atoms with Gasteiger partial charge in [-0.3, -0.25) is 0 Å². The van der Waals surface area contributed by atoms with Gasteiger partial charge in [0.15, 0.2) is 0 Å². The minimum absolute atomic E-state index is 0.295. The van der Waals surface area contributed by atoms with Gasteiger partial charge in [-0.25, -0.2) is 0 Å². The van der Waals surface area contributed by atoms with Gasteiger partial charge < -0.3 is 14.5 Å². The largest absolute Gasteiger partial charge is 0.465 e. The Morgan fingerprint density at radius 3 is 2.76 bits per heavy atom. The van der Waals surface area contributed by atoms with E-state index in [1.54, 1.807) is 7.11 Å². The van der Waals surface area contributed by atoms with Crippen molar-refractivity contribution in [2.45, 2.75) is 39.2 Å². The fourth-order valence-electron chi connectivity index (χ4n) is 2.17. The first kappa shape index (κ1) is 12.7. The monoisotopic (exact) mass is 237 g/mol. The fourth-order valence-corrected chi connectivity index (χ4v) is 2.17. The van der Waals surface area contributed by atoms with E-state index in [0.717, 1.165) is 24.7 Å². The summed E-state index contributed by atoms with van der Waals surface area (Å²) >= 11 is 0. The van der Waals surface area contributed by atoms with Crippen LogP contribution in [0.5, 0.6) is 0 Å². The second-order valence-electron chi connectivity index (χ2n) is 5.29. The van der Waals surface area contributed by atoms with Gasteiger partial charge in [0.2, 0.25) is 0 Å². The van der Waals surface area contributed by atoms with E-state index in [0.29, 0.717) is 11.5 Å². The van der Waals surface area contributed by atoms with Crippen molar-refractivity contribution >= 4 is 0 Å². The lowest BCUT2D eigenvalue weighted by molar-refractivity contribution is 0.170. The van der Waals surface area contributed by atoms with Crippen molar-refractivity contribution in [3.63, 3.8) is 0 Å². The summed E-state index contributed by atoms with van der Waals surface area (Å²) in [5.74, 6) is 2.01. The van der Waals surface area contributed by atoms with E-state index in [4.69, 9.17) is 9.15 Å². The molecule has 0 amide bonds. The van der Waals surface area contributed by atoms with Crippen LogP contribution >= 0.6 is 0 Å².